The van der Waals surface area contributed by atoms with Gasteiger partial charge in [-0.15, -0.1) is 12.4 Å². The molecule has 176 valence electrons. The first-order chi connectivity index (χ1) is 14.0. The highest BCUT2D eigenvalue weighted by Gasteiger charge is 2.54. The average molecular weight is 480 g/mol. The zero-order valence-electron chi connectivity index (χ0n) is 18.0. The van der Waals surface area contributed by atoms with E-state index in [-0.39, 0.29) is 29.6 Å². The van der Waals surface area contributed by atoms with Gasteiger partial charge in [-0.3, -0.25) is 9.59 Å². The highest BCUT2D eigenvalue weighted by molar-refractivity contribution is 7.85. The minimum absolute atomic E-state index is 0. The number of hydrogen-bond donors (Lipinski definition) is 3. The topological polar surface area (TPSA) is 139 Å². The summed E-state index contributed by atoms with van der Waals surface area (Å²) in [6.45, 7) is 4.98. The number of nitrogens with one attached hydrogen (secondary N) is 1. The van der Waals surface area contributed by atoms with Crippen LogP contribution in [0.4, 0.5) is 0 Å². The van der Waals surface area contributed by atoms with Crippen LogP contribution in [-0.2, 0) is 19.6 Å². The van der Waals surface area contributed by atoms with Gasteiger partial charge < -0.3 is 20.7 Å². The number of amides is 2. The number of quaternary nitrogens is 1. The number of carbonyl (C=O) groups is 2. The number of nitrogens with zero attached hydrogens (tertiary/aromatic N) is 2. The summed E-state index contributed by atoms with van der Waals surface area (Å²) in [4.78, 5) is 26.2. The Labute approximate surface area is 189 Å². The normalized spacial score (nSPS) is 17.4. The highest BCUT2D eigenvalue weighted by atomic mass is 35.5. The van der Waals surface area contributed by atoms with Gasteiger partial charge in [0.25, 0.3) is 5.91 Å². The molecular formula is C19H32ClN4O6S+. The van der Waals surface area contributed by atoms with Gasteiger partial charge in [0.1, 0.15) is 17.2 Å². The second-order valence-corrected chi connectivity index (χ2v) is 9.66. The molecule has 12 heteroatoms. The fraction of sp³-hybridized carbons (Fsp3) is 0.579. The van der Waals surface area contributed by atoms with Gasteiger partial charge in [0.15, 0.2) is 0 Å². The van der Waals surface area contributed by atoms with E-state index in [0.29, 0.717) is 31.9 Å². The van der Waals surface area contributed by atoms with Crippen molar-refractivity contribution in [2.45, 2.75) is 31.2 Å². The number of halogens is 1. The van der Waals surface area contributed by atoms with E-state index in [1.165, 1.54) is 31.4 Å². The summed E-state index contributed by atoms with van der Waals surface area (Å²) < 4.78 is 30.2. The number of ether oxygens (including phenoxy) is 1. The second-order valence-electron chi connectivity index (χ2n) is 7.60. The molecule has 4 N–H and O–H groups in total. The van der Waals surface area contributed by atoms with Crippen LogP contribution in [0.2, 0.25) is 0 Å². The molecule has 2 amide bonds. The maximum atomic E-state index is 13.4. The third-order valence-corrected chi connectivity index (χ3v) is 7.36. The molecule has 1 aliphatic heterocycles. The third kappa shape index (κ3) is 5.86. The van der Waals surface area contributed by atoms with Crippen LogP contribution in [0.15, 0.2) is 29.2 Å². The molecule has 1 aromatic rings. The quantitative estimate of drug-likeness (QED) is 0.343. The van der Waals surface area contributed by atoms with E-state index in [4.69, 9.17) is 10.5 Å². The van der Waals surface area contributed by atoms with Gasteiger partial charge in [0, 0.05) is 32.1 Å². The number of sulfonamides is 1. The Hall–Kier alpha value is -1.92. The summed E-state index contributed by atoms with van der Waals surface area (Å²) in [5.74, 6) is -1.40. The number of methoxy groups -OCH3 is 1. The lowest BCUT2D eigenvalue weighted by Gasteiger charge is -2.36. The van der Waals surface area contributed by atoms with Crippen LogP contribution in [0.1, 0.15) is 20.3 Å². The van der Waals surface area contributed by atoms with Crippen molar-refractivity contribution in [3.05, 3.63) is 24.3 Å². The lowest BCUT2D eigenvalue weighted by Crippen LogP contribution is -2.64. The molecule has 31 heavy (non-hydrogen) atoms. The summed E-state index contributed by atoms with van der Waals surface area (Å²) in [6.07, 6.45) is -0.248. The maximum Gasteiger partial charge on any atom is 0.357 e. The van der Waals surface area contributed by atoms with Crippen molar-refractivity contribution in [3.8, 4) is 5.75 Å². The standard InChI is InChI=1S/C19H30N4O6S.ClH/c1-14(2)18(19(20)25)23(26,13-8-17(24)22-11-9-21-10-12-22)30(27,28)16-6-4-15(29-3)5-7-16;/h4-7,14,18,21,26H,8-13H2,1-3H3,(H-,20,25);1H/p+1/t18-,23?;/m1./s1. The molecule has 0 saturated carbocycles. The summed E-state index contributed by atoms with van der Waals surface area (Å²) in [5.41, 5.74) is 5.49. The minimum Gasteiger partial charge on any atom is -0.497 e. The van der Waals surface area contributed by atoms with Gasteiger partial charge in [0.05, 0.1) is 13.5 Å². The molecule has 0 aromatic heterocycles. The van der Waals surface area contributed by atoms with Crippen LogP contribution >= 0.6 is 12.4 Å². The summed E-state index contributed by atoms with van der Waals surface area (Å²) in [6, 6.07) is 4.00. The molecule has 2 rings (SSSR count). The molecule has 1 aromatic carbocycles. The van der Waals surface area contributed by atoms with E-state index in [9.17, 15) is 23.2 Å². The van der Waals surface area contributed by atoms with Crippen LogP contribution in [0.5, 0.6) is 5.75 Å². The van der Waals surface area contributed by atoms with Gasteiger partial charge in [-0.1, -0.05) is 17.9 Å². The Morgan fingerprint density at radius 1 is 1.23 bits per heavy atom. The Morgan fingerprint density at radius 3 is 2.23 bits per heavy atom. The van der Waals surface area contributed by atoms with E-state index in [1.807, 2.05) is 0 Å². The smallest absolute Gasteiger partial charge is 0.357 e. The molecule has 1 aliphatic rings. The van der Waals surface area contributed by atoms with E-state index < -0.39 is 38.5 Å². The molecule has 1 heterocycles. The lowest BCUT2D eigenvalue weighted by atomic mass is 10.0. The third-order valence-electron chi connectivity index (χ3n) is 5.25. The minimum atomic E-state index is -4.49. The number of nitrogens with two attached hydrogens (primary N) is 1. The Morgan fingerprint density at radius 2 is 1.77 bits per heavy atom. The molecule has 0 spiro atoms. The molecule has 1 saturated heterocycles. The molecule has 0 aliphatic carbocycles. The van der Waals surface area contributed by atoms with Crippen molar-refractivity contribution in [1.82, 2.24) is 10.2 Å². The number of primary amides is 1. The van der Waals surface area contributed by atoms with Crippen LogP contribution < -0.4 is 15.8 Å². The number of piperazine rings is 1. The predicted octanol–water partition coefficient (Wildman–Crippen LogP) is 0.344. The van der Waals surface area contributed by atoms with Crippen LogP contribution in [0, 0.1) is 5.92 Å². The first kappa shape index (κ1) is 27.1. The zero-order valence-corrected chi connectivity index (χ0v) is 19.6. The Balaban J connectivity index is 0.00000480. The molecular weight excluding hydrogens is 448 g/mol. The van der Waals surface area contributed by atoms with Crippen molar-refractivity contribution < 1.29 is 32.0 Å². The monoisotopic (exact) mass is 479 g/mol. The Bertz CT molecular complexity index is 859. The van der Waals surface area contributed by atoms with E-state index in [0.717, 1.165) is 0 Å². The Kier molecular flexibility index (Phi) is 9.70. The van der Waals surface area contributed by atoms with Gasteiger partial charge in [-0.25, -0.2) is 0 Å². The van der Waals surface area contributed by atoms with E-state index in [1.54, 1.807) is 18.7 Å². The van der Waals surface area contributed by atoms with Crippen molar-refractivity contribution in [2.75, 3.05) is 39.8 Å². The second kappa shape index (κ2) is 11.1. The van der Waals surface area contributed by atoms with Gasteiger partial charge in [-0.2, -0.15) is 13.6 Å². The van der Waals surface area contributed by atoms with Crippen molar-refractivity contribution >= 4 is 34.2 Å². The SMILES string of the molecule is COc1ccc(S(=O)(=O)[N+](O)(CCC(=O)N2CCNCC2)[C@@H](C(N)=O)C(C)C)cc1.Cl. The first-order valence-electron chi connectivity index (χ1n) is 9.82. The number of rotatable bonds is 9. The number of hydrogen-bond acceptors (Lipinski definition) is 7. The maximum absolute atomic E-state index is 13.4. The molecule has 1 unspecified atom stereocenters. The summed E-state index contributed by atoms with van der Waals surface area (Å²) in [7, 11) is -3.04. The molecule has 2 atom stereocenters. The number of hydroxylamine groups is 2. The fourth-order valence-electron chi connectivity index (χ4n) is 3.66. The van der Waals surface area contributed by atoms with Gasteiger partial charge in [0.2, 0.25) is 11.9 Å². The van der Waals surface area contributed by atoms with Crippen LogP contribution in [0.3, 0.4) is 0 Å². The van der Waals surface area contributed by atoms with Crippen molar-refractivity contribution in [2.24, 2.45) is 11.7 Å². The number of benzene rings is 1. The lowest BCUT2D eigenvalue weighted by molar-refractivity contribution is -1.02. The molecule has 0 bridgehead atoms. The molecule has 10 nitrogen and oxygen atoms in total. The van der Waals surface area contributed by atoms with Gasteiger partial charge >= 0.3 is 10.0 Å². The fourth-order valence-corrected chi connectivity index (χ4v) is 5.48. The van der Waals surface area contributed by atoms with E-state index in [2.05, 4.69) is 5.32 Å². The van der Waals surface area contributed by atoms with Crippen molar-refractivity contribution in [1.29, 1.82) is 0 Å². The van der Waals surface area contributed by atoms with Crippen LogP contribution in [0.25, 0.3) is 0 Å². The zero-order chi connectivity index (χ0) is 22.5. The molecule has 1 fully saturated rings. The largest absolute Gasteiger partial charge is 0.497 e. The summed E-state index contributed by atoms with van der Waals surface area (Å²) in [5, 5.41) is 14.5. The highest BCUT2D eigenvalue weighted by Crippen LogP contribution is 2.30. The number of carbonyl (C=O) groups excluding carboxylic acids is 2. The molecule has 0 radical (unpaired) electrons. The summed E-state index contributed by atoms with van der Waals surface area (Å²) >= 11 is 0. The van der Waals surface area contributed by atoms with Crippen LogP contribution in [-0.4, -0.2) is 80.3 Å². The van der Waals surface area contributed by atoms with Crippen molar-refractivity contribution in [3.63, 3.8) is 0 Å². The predicted molar refractivity (Wildman–Crippen MR) is 116 cm³/mol. The first-order valence-corrected chi connectivity index (χ1v) is 11.3. The average Bonchev–Trinajstić information content (AvgIpc) is 2.72. The van der Waals surface area contributed by atoms with Gasteiger partial charge in [-0.05, 0) is 24.3 Å². The van der Waals surface area contributed by atoms with E-state index >= 15 is 0 Å².